The van der Waals surface area contributed by atoms with Crippen molar-refractivity contribution in [1.29, 1.82) is 0 Å². The summed E-state index contributed by atoms with van der Waals surface area (Å²) in [6, 6.07) is 9.42. The molecule has 0 aliphatic carbocycles. The van der Waals surface area contributed by atoms with Crippen LogP contribution in [0.2, 0.25) is 0 Å². The van der Waals surface area contributed by atoms with Crippen LogP contribution in [0.25, 0.3) is 0 Å². The number of rotatable bonds is 3. The number of nitrogens with one attached hydrogen (secondary N) is 1. The summed E-state index contributed by atoms with van der Waals surface area (Å²) in [6.07, 6.45) is 2.51. The van der Waals surface area contributed by atoms with E-state index in [2.05, 4.69) is 35.3 Å². The Morgan fingerprint density at radius 3 is 2.83 bits per heavy atom. The zero-order chi connectivity index (χ0) is 12.4. The van der Waals surface area contributed by atoms with Crippen LogP contribution in [-0.4, -0.2) is 37.2 Å². The highest BCUT2D eigenvalue weighted by atomic mass is 16.5. The van der Waals surface area contributed by atoms with Gasteiger partial charge in [0.25, 0.3) is 0 Å². The molecule has 2 aliphatic heterocycles. The SMILES string of the molecule is CCN1CCC(NC2COc3ccccc32)CC1. The molecular formula is C15H22N2O. The molecule has 1 N–H and O–H groups in total. The molecule has 2 heterocycles. The van der Waals surface area contributed by atoms with E-state index in [-0.39, 0.29) is 0 Å². The molecule has 0 aromatic heterocycles. The minimum absolute atomic E-state index is 0.388. The number of fused-ring (bicyclic) bond motifs is 1. The number of ether oxygens (including phenoxy) is 1. The van der Waals surface area contributed by atoms with Crippen LogP contribution in [0.15, 0.2) is 24.3 Å². The van der Waals surface area contributed by atoms with E-state index in [0.717, 1.165) is 12.4 Å². The van der Waals surface area contributed by atoms with Gasteiger partial charge >= 0.3 is 0 Å². The van der Waals surface area contributed by atoms with E-state index >= 15 is 0 Å². The van der Waals surface area contributed by atoms with Crippen molar-refractivity contribution in [2.75, 3.05) is 26.2 Å². The zero-order valence-electron chi connectivity index (χ0n) is 11.1. The van der Waals surface area contributed by atoms with E-state index < -0.39 is 0 Å². The van der Waals surface area contributed by atoms with Gasteiger partial charge in [-0.1, -0.05) is 25.1 Å². The fraction of sp³-hybridized carbons (Fsp3) is 0.600. The van der Waals surface area contributed by atoms with Gasteiger partial charge < -0.3 is 15.0 Å². The highest BCUT2D eigenvalue weighted by Gasteiger charge is 2.27. The molecule has 1 aromatic rings. The number of nitrogens with zero attached hydrogens (tertiary/aromatic N) is 1. The Kier molecular flexibility index (Phi) is 3.52. The van der Waals surface area contributed by atoms with Gasteiger partial charge in [-0.2, -0.15) is 0 Å². The first-order chi connectivity index (χ1) is 8.86. The summed E-state index contributed by atoms with van der Waals surface area (Å²) in [5.74, 6) is 1.06. The molecule has 0 bridgehead atoms. The van der Waals surface area contributed by atoms with Crippen molar-refractivity contribution in [2.24, 2.45) is 0 Å². The second kappa shape index (κ2) is 5.29. The monoisotopic (exact) mass is 246 g/mol. The van der Waals surface area contributed by atoms with Gasteiger partial charge in [0.15, 0.2) is 0 Å². The molecule has 0 saturated carbocycles. The third-order valence-corrected chi connectivity index (χ3v) is 4.17. The molecule has 3 rings (SSSR count). The Morgan fingerprint density at radius 1 is 1.28 bits per heavy atom. The third kappa shape index (κ3) is 2.38. The maximum Gasteiger partial charge on any atom is 0.124 e. The number of benzene rings is 1. The Bertz CT molecular complexity index is 399. The summed E-state index contributed by atoms with van der Waals surface area (Å²) in [6.45, 7) is 6.66. The average Bonchev–Trinajstić information content (AvgIpc) is 2.83. The van der Waals surface area contributed by atoms with Crippen molar-refractivity contribution in [3.05, 3.63) is 29.8 Å². The number of piperidine rings is 1. The second-order valence-electron chi connectivity index (χ2n) is 5.28. The lowest BCUT2D eigenvalue weighted by molar-refractivity contribution is 0.192. The Hall–Kier alpha value is -1.06. The predicted octanol–water partition coefficient (Wildman–Crippen LogP) is 2.19. The molecule has 3 heteroatoms. The molecule has 1 aromatic carbocycles. The number of para-hydroxylation sites is 1. The van der Waals surface area contributed by atoms with Gasteiger partial charge in [0.05, 0.1) is 6.04 Å². The van der Waals surface area contributed by atoms with Crippen molar-refractivity contribution in [1.82, 2.24) is 10.2 Å². The van der Waals surface area contributed by atoms with E-state index in [1.54, 1.807) is 0 Å². The summed E-state index contributed by atoms with van der Waals surface area (Å²) >= 11 is 0. The van der Waals surface area contributed by atoms with Crippen molar-refractivity contribution >= 4 is 0 Å². The van der Waals surface area contributed by atoms with Crippen molar-refractivity contribution in [3.8, 4) is 5.75 Å². The molecular weight excluding hydrogens is 224 g/mol. The van der Waals surface area contributed by atoms with E-state index in [4.69, 9.17) is 4.74 Å². The number of likely N-dealkylation sites (tertiary alicyclic amines) is 1. The molecule has 2 aliphatic rings. The van der Waals surface area contributed by atoms with Crippen molar-refractivity contribution in [3.63, 3.8) is 0 Å². The van der Waals surface area contributed by atoms with Crippen LogP contribution in [0, 0.1) is 0 Å². The quantitative estimate of drug-likeness (QED) is 0.885. The summed E-state index contributed by atoms with van der Waals surface area (Å²) < 4.78 is 5.72. The van der Waals surface area contributed by atoms with Crippen LogP contribution >= 0.6 is 0 Å². The van der Waals surface area contributed by atoms with Gasteiger partial charge in [-0.05, 0) is 38.5 Å². The highest BCUT2D eigenvalue weighted by molar-refractivity contribution is 5.39. The van der Waals surface area contributed by atoms with Gasteiger partial charge in [-0.15, -0.1) is 0 Å². The first-order valence-electron chi connectivity index (χ1n) is 7.07. The first kappa shape index (κ1) is 12.0. The highest BCUT2D eigenvalue weighted by Crippen LogP contribution is 2.32. The average molecular weight is 246 g/mol. The minimum Gasteiger partial charge on any atom is -0.491 e. The largest absolute Gasteiger partial charge is 0.491 e. The molecule has 1 fully saturated rings. The van der Waals surface area contributed by atoms with E-state index in [0.29, 0.717) is 12.1 Å². The Morgan fingerprint density at radius 2 is 2.06 bits per heavy atom. The van der Waals surface area contributed by atoms with Crippen molar-refractivity contribution in [2.45, 2.75) is 31.8 Å². The third-order valence-electron chi connectivity index (χ3n) is 4.17. The standard InChI is InChI=1S/C15H22N2O/c1-2-17-9-7-12(8-10-17)16-14-11-18-15-6-4-3-5-13(14)15/h3-6,12,14,16H,2,7-11H2,1H3. The molecule has 0 radical (unpaired) electrons. The smallest absolute Gasteiger partial charge is 0.124 e. The van der Waals surface area contributed by atoms with Crippen LogP contribution < -0.4 is 10.1 Å². The van der Waals surface area contributed by atoms with E-state index in [1.165, 1.54) is 38.0 Å². The molecule has 3 nitrogen and oxygen atoms in total. The molecule has 18 heavy (non-hydrogen) atoms. The minimum atomic E-state index is 0.388. The summed E-state index contributed by atoms with van der Waals surface area (Å²) in [5, 5.41) is 3.77. The van der Waals surface area contributed by atoms with Crippen LogP contribution in [0.4, 0.5) is 0 Å². The Labute approximate surface area is 109 Å². The van der Waals surface area contributed by atoms with Crippen LogP contribution in [0.3, 0.4) is 0 Å². The lowest BCUT2D eigenvalue weighted by Crippen LogP contribution is -2.43. The lowest BCUT2D eigenvalue weighted by atomic mass is 10.0. The maximum atomic E-state index is 5.72. The zero-order valence-corrected chi connectivity index (χ0v) is 11.1. The molecule has 1 unspecified atom stereocenters. The van der Waals surface area contributed by atoms with Crippen molar-refractivity contribution < 1.29 is 4.74 Å². The summed E-state index contributed by atoms with van der Waals surface area (Å²) in [7, 11) is 0. The van der Waals surface area contributed by atoms with E-state index in [9.17, 15) is 0 Å². The van der Waals surface area contributed by atoms with Gasteiger partial charge in [-0.25, -0.2) is 0 Å². The van der Waals surface area contributed by atoms with Crippen LogP contribution in [0.5, 0.6) is 5.75 Å². The first-order valence-corrected chi connectivity index (χ1v) is 7.07. The lowest BCUT2D eigenvalue weighted by Gasteiger charge is -2.32. The molecule has 1 saturated heterocycles. The summed E-state index contributed by atoms with van der Waals surface area (Å²) in [4.78, 5) is 2.53. The normalized spacial score (nSPS) is 24.8. The fourth-order valence-corrected chi connectivity index (χ4v) is 3.00. The maximum absolute atomic E-state index is 5.72. The van der Waals surface area contributed by atoms with Crippen LogP contribution in [-0.2, 0) is 0 Å². The molecule has 1 atom stereocenters. The van der Waals surface area contributed by atoms with Gasteiger partial charge in [0, 0.05) is 11.6 Å². The topological polar surface area (TPSA) is 24.5 Å². The molecule has 0 spiro atoms. The molecule has 0 amide bonds. The number of hydrogen-bond donors (Lipinski definition) is 1. The van der Waals surface area contributed by atoms with E-state index in [1.807, 2.05) is 6.07 Å². The van der Waals surface area contributed by atoms with Gasteiger partial charge in [0.2, 0.25) is 0 Å². The van der Waals surface area contributed by atoms with Gasteiger partial charge in [-0.3, -0.25) is 0 Å². The van der Waals surface area contributed by atoms with Crippen LogP contribution in [0.1, 0.15) is 31.4 Å². The molecule has 98 valence electrons. The number of hydrogen-bond acceptors (Lipinski definition) is 3. The fourth-order valence-electron chi connectivity index (χ4n) is 3.00. The summed E-state index contributed by atoms with van der Waals surface area (Å²) in [5.41, 5.74) is 1.33. The predicted molar refractivity (Wildman–Crippen MR) is 72.9 cm³/mol. The Balaban J connectivity index is 1.59. The van der Waals surface area contributed by atoms with Gasteiger partial charge in [0.1, 0.15) is 12.4 Å². The second-order valence-corrected chi connectivity index (χ2v) is 5.28.